The number of aliphatic hydroxyl groups excluding tert-OH is 1. The van der Waals surface area contributed by atoms with Crippen molar-refractivity contribution in [2.75, 3.05) is 57.3 Å². The van der Waals surface area contributed by atoms with Gasteiger partial charge in [0.15, 0.2) is 0 Å². The minimum absolute atomic E-state index is 0. The van der Waals surface area contributed by atoms with E-state index >= 15 is 0 Å². The third-order valence-corrected chi connectivity index (χ3v) is 7.09. The van der Waals surface area contributed by atoms with Crippen LogP contribution < -0.4 is 4.90 Å². The number of benzene rings is 2. The van der Waals surface area contributed by atoms with Crippen LogP contribution in [0.1, 0.15) is 12.0 Å². The lowest BCUT2D eigenvalue weighted by atomic mass is 10.1. The van der Waals surface area contributed by atoms with Crippen molar-refractivity contribution < 1.29 is 22.9 Å². The summed E-state index contributed by atoms with van der Waals surface area (Å²) >= 11 is 1.49. The summed E-state index contributed by atoms with van der Waals surface area (Å²) < 4.78 is 39.6. The zero-order valence-electron chi connectivity index (χ0n) is 17.6. The van der Waals surface area contributed by atoms with Crippen molar-refractivity contribution in [3.8, 4) is 0 Å². The molecule has 0 radical (unpaired) electrons. The molecule has 0 amide bonds. The van der Waals surface area contributed by atoms with Crippen molar-refractivity contribution in [3.63, 3.8) is 0 Å². The molecule has 0 aliphatic carbocycles. The van der Waals surface area contributed by atoms with Crippen LogP contribution in [0.15, 0.2) is 52.3 Å². The smallest absolute Gasteiger partial charge is 0.416 e. The van der Waals surface area contributed by atoms with Gasteiger partial charge in [-0.25, -0.2) is 0 Å². The number of nitrogens with zero attached hydrogens (tertiary/aromatic N) is 3. The highest BCUT2D eigenvalue weighted by Crippen LogP contribution is 2.49. The molecule has 2 heterocycles. The Morgan fingerprint density at radius 2 is 1.69 bits per heavy atom. The predicted molar refractivity (Wildman–Crippen MR) is 123 cm³/mol. The van der Waals surface area contributed by atoms with Crippen molar-refractivity contribution in [3.05, 3.63) is 53.2 Å². The number of para-hydroxylation sites is 1. The van der Waals surface area contributed by atoms with Crippen molar-refractivity contribution >= 4 is 35.5 Å². The van der Waals surface area contributed by atoms with E-state index in [1.807, 2.05) is 29.2 Å². The third kappa shape index (κ3) is 5.52. The summed E-state index contributed by atoms with van der Waals surface area (Å²) in [6, 6.07) is 11.7. The van der Waals surface area contributed by atoms with E-state index in [4.69, 9.17) is 5.11 Å². The fourth-order valence-electron chi connectivity index (χ4n) is 4.20. The second-order valence-corrected chi connectivity index (χ2v) is 9.13. The zero-order valence-corrected chi connectivity index (χ0v) is 19.2. The monoisotopic (exact) mass is 489 g/mol. The van der Waals surface area contributed by atoms with E-state index in [2.05, 4.69) is 4.90 Å². The average Bonchev–Trinajstić information content (AvgIpc) is 2.74. The Balaban J connectivity index is 0.00000289. The molecule has 2 aliphatic rings. The minimum Gasteiger partial charge on any atom is -0.633 e. The molecule has 0 saturated carbocycles. The fraction of sp³-hybridized carbons (Fsp3) is 0.455. The topological polar surface area (TPSA) is 49.8 Å². The predicted octanol–water partition coefficient (Wildman–Crippen LogP) is 4.74. The van der Waals surface area contributed by atoms with Crippen LogP contribution in [0.4, 0.5) is 24.5 Å². The Kier molecular flexibility index (Phi) is 8.01. The maximum absolute atomic E-state index is 13.3. The maximum atomic E-state index is 13.3. The summed E-state index contributed by atoms with van der Waals surface area (Å²) in [4.78, 5) is 6.07. The van der Waals surface area contributed by atoms with Gasteiger partial charge >= 0.3 is 6.18 Å². The Labute approximate surface area is 196 Å². The van der Waals surface area contributed by atoms with Gasteiger partial charge in [-0.2, -0.15) is 13.2 Å². The summed E-state index contributed by atoms with van der Waals surface area (Å²) in [5, 5.41) is 21.5. The lowest BCUT2D eigenvalue weighted by molar-refractivity contribution is -0.885. The van der Waals surface area contributed by atoms with E-state index in [1.54, 1.807) is 6.07 Å². The summed E-state index contributed by atoms with van der Waals surface area (Å²) in [5.74, 6) is 0. The number of quaternary nitrogens is 1. The van der Waals surface area contributed by atoms with E-state index in [-0.39, 0.29) is 30.2 Å². The van der Waals surface area contributed by atoms with Crippen molar-refractivity contribution in [2.45, 2.75) is 22.4 Å². The molecule has 2 aliphatic heterocycles. The Hall–Kier alpha value is -1.49. The van der Waals surface area contributed by atoms with Gasteiger partial charge in [-0.3, -0.25) is 4.90 Å². The number of anilines is 2. The molecule has 2 aromatic carbocycles. The quantitative estimate of drug-likeness (QED) is 0.469. The van der Waals surface area contributed by atoms with Crippen LogP contribution in [0.2, 0.25) is 0 Å². The molecule has 1 N–H and O–H groups in total. The van der Waals surface area contributed by atoms with Crippen molar-refractivity contribution in [1.82, 2.24) is 4.90 Å². The van der Waals surface area contributed by atoms with Crippen LogP contribution in [0.3, 0.4) is 0 Å². The molecule has 0 spiro atoms. The van der Waals surface area contributed by atoms with Gasteiger partial charge in [-0.1, -0.05) is 23.9 Å². The summed E-state index contributed by atoms with van der Waals surface area (Å²) in [6.45, 7) is 3.76. The number of rotatable bonds is 6. The van der Waals surface area contributed by atoms with Crippen LogP contribution in [0, 0.1) is 5.21 Å². The molecule has 0 atom stereocenters. The van der Waals surface area contributed by atoms with E-state index in [1.165, 1.54) is 17.8 Å². The number of fused-ring (bicyclic) bond motifs is 2. The number of hydroxylamine groups is 3. The van der Waals surface area contributed by atoms with Crippen molar-refractivity contribution in [1.29, 1.82) is 0 Å². The maximum Gasteiger partial charge on any atom is 0.416 e. The van der Waals surface area contributed by atoms with Crippen LogP contribution in [-0.2, 0) is 6.18 Å². The fourth-order valence-corrected chi connectivity index (χ4v) is 5.28. The van der Waals surface area contributed by atoms with Gasteiger partial charge in [0.25, 0.3) is 0 Å². The molecule has 5 nitrogen and oxygen atoms in total. The van der Waals surface area contributed by atoms with Gasteiger partial charge in [0.05, 0.1) is 36.6 Å². The van der Waals surface area contributed by atoms with Crippen LogP contribution >= 0.6 is 24.2 Å². The molecule has 0 aromatic heterocycles. The molecule has 32 heavy (non-hydrogen) atoms. The van der Waals surface area contributed by atoms with Crippen LogP contribution in [-0.4, -0.2) is 67.1 Å². The molecule has 1 saturated heterocycles. The summed E-state index contributed by atoms with van der Waals surface area (Å²) in [5.41, 5.74) is 0.882. The first-order valence-electron chi connectivity index (χ1n) is 10.5. The molecule has 2 aromatic rings. The van der Waals surface area contributed by atoms with Crippen LogP contribution in [0.5, 0.6) is 0 Å². The zero-order chi connectivity index (χ0) is 22.1. The highest BCUT2D eigenvalue weighted by atomic mass is 35.5. The van der Waals surface area contributed by atoms with Gasteiger partial charge < -0.3 is 19.9 Å². The number of halogens is 4. The number of aliphatic hydroxyl groups is 1. The molecule has 4 rings (SSSR count). The van der Waals surface area contributed by atoms with E-state index in [0.717, 1.165) is 34.5 Å². The minimum atomic E-state index is -4.38. The Morgan fingerprint density at radius 3 is 2.38 bits per heavy atom. The molecule has 176 valence electrons. The normalized spacial score (nSPS) is 18.0. The van der Waals surface area contributed by atoms with Gasteiger partial charge in [0.2, 0.25) is 0 Å². The summed E-state index contributed by atoms with van der Waals surface area (Å²) in [7, 11) is 0. The Morgan fingerprint density at radius 1 is 1.00 bits per heavy atom. The first kappa shape index (κ1) is 25.1. The SMILES string of the molecule is Cl.[O-][N+]1(CCO)CCN(CCCN2c3ccccc3Sc3ccc(C(F)(F)F)cc32)CC1. The first-order valence-corrected chi connectivity index (χ1v) is 11.3. The molecular weight excluding hydrogens is 463 g/mol. The lowest BCUT2D eigenvalue weighted by Crippen LogP contribution is -2.57. The Bertz CT molecular complexity index is 924. The number of alkyl halides is 3. The number of hydrogen-bond donors (Lipinski definition) is 1. The largest absolute Gasteiger partial charge is 0.633 e. The molecule has 1 fully saturated rings. The number of piperazine rings is 1. The molecule has 0 unspecified atom stereocenters. The second-order valence-electron chi connectivity index (χ2n) is 8.05. The van der Waals surface area contributed by atoms with Gasteiger partial charge in [-0.15, -0.1) is 12.4 Å². The standard InChI is InChI=1S/C22H26F3N3O2S.ClH/c23-22(24,25)17-6-7-21-19(16-17)27(18-4-1-2-5-20(18)31-21)9-3-8-26-10-12-28(30,13-11-26)14-15-29;/h1-2,4-7,16,29H,3,8-15H2;1H. The van der Waals surface area contributed by atoms with E-state index < -0.39 is 11.7 Å². The van der Waals surface area contributed by atoms with Gasteiger partial charge in [-0.05, 0) is 36.8 Å². The highest BCUT2D eigenvalue weighted by Gasteiger charge is 2.33. The summed E-state index contributed by atoms with van der Waals surface area (Å²) in [6.07, 6.45) is -3.61. The van der Waals surface area contributed by atoms with Crippen LogP contribution in [0.25, 0.3) is 0 Å². The van der Waals surface area contributed by atoms with E-state index in [0.29, 0.717) is 38.4 Å². The third-order valence-electron chi connectivity index (χ3n) is 5.96. The second kappa shape index (κ2) is 10.2. The average molecular weight is 490 g/mol. The first-order chi connectivity index (χ1) is 14.8. The molecule has 10 heteroatoms. The highest BCUT2D eigenvalue weighted by molar-refractivity contribution is 7.99. The number of hydrogen-bond acceptors (Lipinski definition) is 5. The van der Waals surface area contributed by atoms with Crippen molar-refractivity contribution in [2.24, 2.45) is 0 Å². The lowest BCUT2D eigenvalue weighted by Gasteiger charge is -2.48. The van der Waals surface area contributed by atoms with Gasteiger partial charge in [0, 0.05) is 36.0 Å². The molecule has 0 bridgehead atoms. The van der Waals surface area contributed by atoms with Gasteiger partial charge in [0.1, 0.15) is 6.54 Å². The van der Waals surface area contributed by atoms with E-state index in [9.17, 15) is 18.4 Å². The molecular formula is C22H27ClF3N3O2S.